The monoisotopic (exact) mass is 227 g/mol. The fourth-order valence-electron chi connectivity index (χ4n) is 1.86. The van der Waals surface area contributed by atoms with Crippen molar-refractivity contribution in [2.24, 2.45) is 0 Å². The second-order valence-corrected chi connectivity index (χ2v) is 4.09. The summed E-state index contributed by atoms with van der Waals surface area (Å²) in [7, 11) is 0. The van der Waals surface area contributed by atoms with Gasteiger partial charge in [-0.1, -0.05) is 54.3 Å². The topological polar surface area (TPSA) is 0 Å². The van der Waals surface area contributed by atoms with Crippen LogP contribution in [-0.4, -0.2) is 0 Å². The van der Waals surface area contributed by atoms with Gasteiger partial charge in [0.2, 0.25) is 0 Å². The van der Waals surface area contributed by atoms with Gasteiger partial charge in [-0.2, -0.15) is 0 Å². The van der Waals surface area contributed by atoms with E-state index in [1.54, 1.807) is 0 Å². The summed E-state index contributed by atoms with van der Waals surface area (Å²) >= 11 is 0. The fraction of sp³-hybridized carbons (Fsp3) is 0. The lowest BCUT2D eigenvalue weighted by molar-refractivity contribution is 1.63. The molecule has 0 saturated heterocycles. The number of benzene rings is 3. The van der Waals surface area contributed by atoms with Crippen molar-refractivity contribution < 1.29 is 0 Å². The van der Waals surface area contributed by atoms with Crippen molar-refractivity contribution in [3.63, 3.8) is 0 Å². The Hall–Kier alpha value is -2.52. The Morgan fingerprint density at radius 3 is 2.28 bits per heavy atom. The molecule has 0 saturated carbocycles. The van der Waals surface area contributed by atoms with Gasteiger partial charge in [0.15, 0.2) is 0 Å². The maximum atomic E-state index is 3.21. The molecule has 0 N–H and O–H groups in total. The molecular formula is C18H11. The van der Waals surface area contributed by atoms with Crippen LogP contribution in [0, 0.1) is 17.9 Å². The molecule has 0 nitrogen and oxygen atoms in total. The molecule has 3 aromatic carbocycles. The maximum Gasteiger partial charge on any atom is 0.0334 e. The Balaban J connectivity index is 1.99. The lowest BCUT2D eigenvalue weighted by Crippen LogP contribution is -1.78. The number of rotatable bonds is 0. The number of fused-ring (bicyclic) bond motifs is 1. The summed E-state index contributed by atoms with van der Waals surface area (Å²) in [5, 5.41) is 2.40. The van der Waals surface area contributed by atoms with E-state index in [9.17, 15) is 0 Å². The summed E-state index contributed by atoms with van der Waals surface area (Å²) in [5.41, 5.74) is 1.96. The Labute approximate surface area is 107 Å². The van der Waals surface area contributed by atoms with Gasteiger partial charge in [0.1, 0.15) is 0 Å². The van der Waals surface area contributed by atoms with Crippen molar-refractivity contribution in [3.05, 3.63) is 83.9 Å². The summed E-state index contributed by atoms with van der Waals surface area (Å²) in [6.45, 7) is 0. The second-order valence-electron chi connectivity index (χ2n) is 4.09. The summed E-state index contributed by atoms with van der Waals surface area (Å²) in [4.78, 5) is 0. The molecule has 0 bridgehead atoms. The first-order chi connectivity index (χ1) is 8.92. The zero-order valence-corrected chi connectivity index (χ0v) is 9.85. The van der Waals surface area contributed by atoms with Crippen LogP contribution in [0.4, 0.5) is 0 Å². The van der Waals surface area contributed by atoms with Gasteiger partial charge in [0, 0.05) is 11.1 Å². The molecule has 0 unspecified atom stereocenters. The number of hydrogen-bond acceptors (Lipinski definition) is 0. The molecule has 3 rings (SSSR count). The number of hydrogen-bond donors (Lipinski definition) is 0. The Bertz CT molecular complexity index is 728. The van der Waals surface area contributed by atoms with Crippen LogP contribution < -0.4 is 0 Å². The van der Waals surface area contributed by atoms with E-state index in [0.717, 1.165) is 11.1 Å². The lowest BCUT2D eigenvalue weighted by atomic mass is 10.1. The molecular weight excluding hydrogens is 216 g/mol. The van der Waals surface area contributed by atoms with Crippen molar-refractivity contribution in [1.82, 2.24) is 0 Å². The maximum absolute atomic E-state index is 3.21. The van der Waals surface area contributed by atoms with Crippen LogP contribution in [0.15, 0.2) is 66.7 Å². The van der Waals surface area contributed by atoms with Crippen LogP contribution in [0.3, 0.4) is 0 Å². The average molecular weight is 227 g/mol. The van der Waals surface area contributed by atoms with Gasteiger partial charge in [0.05, 0.1) is 0 Å². The van der Waals surface area contributed by atoms with E-state index in [1.165, 1.54) is 10.8 Å². The van der Waals surface area contributed by atoms with Crippen molar-refractivity contribution in [1.29, 1.82) is 0 Å². The Morgan fingerprint density at radius 1 is 0.722 bits per heavy atom. The second kappa shape index (κ2) is 4.77. The van der Waals surface area contributed by atoms with Gasteiger partial charge >= 0.3 is 0 Å². The highest BCUT2D eigenvalue weighted by atomic mass is 14.0. The smallest absolute Gasteiger partial charge is 0.0334 e. The van der Waals surface area contributed by atoms with Gasteiger partial charge in [-0.05, 0) is 41.1 Å². The van der Waals surface area contributed by atoms with Crippen LogP contribution in [0.2, 0.25) is 0 Å². The van der Waals surface area contributed by atoms with Crippen LogP contribution in [-0.2, 0) is 0 Å². The van der Waals surface area contributed by atoms with Crippen molar-refractivity contribution >= 4 is 10.8 Å². The zero-order chi connectivity index (χ0) is 12.2. The molecule has 0 spiro atoms. The van der Waals surface area contributed by atoms with E-state index >= 15 is 0 Å². The van der Waals surface area contributed by atoms with Crippen LogP contribution in [0.1, 0.15) is 11.1 Å². The first kappa shape index (κ1) is 10.6. The Kier molecular flexibility index (Phi) is 2.82. The molecule has 0 aromatic heterocycles. The van der Waals surface area contributed by atoms with Gasteiger partial charge in [-0.3, -0.25) is 0 Å². The molecule has 1 radical (unpaired) electrons. The van der Waals surface area contributed by atoms with E-state index < -0.39 is 0 Å². The third-order valence-electron chi connectivity index (χ3n) is 2.79. The molecule has 0 fully saturated rings. The van der Waals surface area contributed by atoms with E-state index in [4.69, 9.17) is 0 Å². The highest BCUT2D eigenvalue weighted by Crippen LogP contribution is 2.14. The molecule has 0 amide bonds. The van der Waals surface area contributed by atoms with Crippen LogP contribution >= 0.6 is 0 Å². The first-order valence-corrected chi connectivity index (χ1v) is 5.89. The van der Waals surface area contributed by atoms with Crippen molar-refractivity contribution in [2.45, 2.75) is 0 Å². The van der Waals surface area contributed by atoms with Gasteiger partial charge < -0.3 is 0 Å². The summed E-state index contributed by atoms with van der Waals surface area (Å²) < 4.78 is 0. The summed E-state index contributed by atoms with van der Waals surface area (Å²) in [5.74, 6) is 6.29. The molecule has 0 heterocycles. The highest BCUT2D eigenvalue weighted by Gasteiger charge is 1.93. The minimum absolute atomic E-state index is 0.928. The van der Waals surface area contributed by atoms with Gasteiger partial charge in [-0.25, -0.2) is 0 Å². The highest BCUT2D eigenvalue weighted by molar-refractivity contribution is 5.83. The molecule has 0 heteroatoms. The fourth-order valence-corrected chi connectivity index (χ4v) is 1.86. The molecule has 0 aliphatic carbocycles. The first-order valence-electron chi connectivity index (χ1n) is 5.89. The van der Waals surface area contributed by atoms with E-state index in [-0.39, 0.29) is 0 Å². The minimum atomic E-state index is 0.928. The Morgan fingerprint density at radius 2 is 1.44 bits per heavy atom. The largest absolute Gasteiger partial charge is 0.0622 e. The van der Waals surface area contributed by atoms with E-state index in [1.807, 2.05) is 48.5 Å². The van der Waals surface area contributed by atoms with Crippen LogP contribution in [0.25, 0.3) is 10.8 Å². The van der Waals surface area contributed by atoms with Crippen LogP contribution in [0.5, 0.6) is 0 Å². The van der Waals surface area contributed by atoms with Crippen molar-refractivity contribution in [2.75, 3.05) is 0 Å². The molecule has 0 atom stereocenters. The molecule has 0 aliphatic heterocycles. The molecule has 18 heavy (non-hydrogen) atoms. The summed E-state index contributed by atoms with van der Waals surface area (Å²) in [6, 6.07) is 25.5. The SMILES string of the molecule is C(#Cc1ccccc1)c1[c]cc2ccccc2c1. The predicted molar refractivity (Wildman–Crippen MR) is 75.2 cm³/mol. The van der Waals surface area contributed by atoms with Gasteiger partial charge in [-0.15, -0.1) is 0 Å². The third-order valence-corrected chi connectivity index (χ3v) is 2.79. The quantitative estimate of drug-likeness (QED) is 0.508. The van der Waals surface area contributed by atoms with E-state index in [2.05, 4.69) is 36.1 Å². The lowest BCUT2D eigenvalue weighted by Gasteiger charge is -1.96. The average Bonchev–Trinajstić information content (AvgIpc) is 2.46. The standard InChI is InChI=1S/C18H11/c1-2-6-15(7-3-1)10-11-16-12-13-17-8-4-5-9-18(17)14-16/h1-9,13-14H. The minimum Gasteiger partial charge on any atom is -0.0622 e. The third kappa shape index (κ3) is 2.26. The van der Waals surface area contributed by atoms with E-state index in [0.29, 0.717) is 0 Å². The summed E-state index contributed by atoms with van der Waals surface area (Å²) in [6.07, 6.45) is 0. The predicted octanol–water partition coefficient (Wildman–Crippen LogP) is 4.04. The zero-order valence-electron chi connectivity index (χ0n) is 9.85. The molecule has 0 aliphatic rings. The normalized spacial score (nSPS) is 9.78. The molecule has 3 aromatic rings. The van der Waals surface area contributed by atoms with Crippen molar-refractivity contribution in [3.8, 4) is 11.8 Å². The molecule has 83 valence electrons. The van der Waals surface area contributed by atoms with Gasteiger partial charge in [0.25, 0.3) is 0 Å².